The number of ether oxygens (including phenoxy) is 1. The van der Waals surface area contributed by atoms with E-state index in [4.69, 9.17) is 10.5 Å². The van der Waals surface area contributed by atoms with Crippen LogP contribution in [0.3, 0.4) is 0 Å². The summed E-state index contributed by atoms with van der Waals surface area (Å²) in [7, 11) is 1.97. The lowest BCUT2D eigenvalue weighted by atomic mass is 10.4. The van der Waals surface area contributed by atoms with Crippen molar-refractivity contribution in [2.24, 2.45) is 5.92 Å². The van der Waals surface area contributed by atoms with Gasteiger partial charge in [0.15, 0.2) is 0 Å². The highest BCUT2D eigenvalue weighted by Gasteiger charge is 2.21. The molecule has 1 saturated carbocycles. The van der Waals surface area contributed by atoms with E-state index in [0.717, 1.165) is 29.4 Å². The lowest BCUT2D eigenvalue weighted by molar-refractivity contribution is 0.130. The molecule has 0 aliphatic heterocycles. The van der Waals surface area contributed by atoms with Crippen LogP contribution in [0.2, 0.25) is 0 Å². The zero-order valence-corrected chi connectivity index (χ0v) is 11.5. The second kappa shape index (κ2) is 5.64. The second-order valence-corrected chi connectivity index (χ2v) is 5.13. The molecule has 1 heterocycles. The van der Waals surface area contributed by atoms with Gasteiger partial charge in [-0.2, -0.15) is 0 Å². The minimum atomic E-state index is 0.459. The van der Waals surface area contributed by atoms with Gasteiger partial charge in [-0.1, -0.05) is 0 Å². The van der Waals surface area contributed by atoms with Gasteiger partial charge < -0.3 is 15.4 Å². The number of hydrogen-bond donors (Lipinski definition) is 1. The lowest BCUT2D eigenvalue weighted by Crippen LogP contribution is -2.24. The number of likely N-dealkylation sites (N-methyl/N-ethyl adjacent to an activating group) is 1. The van der Waals surface area contributed by atoms with Crippen molar-refractivity contribution in [3.05, 3.63) is 10.8 Å². The van der Waals surface area contributed by atoms with Gasteiger partial charge in [-0.15, -0.1) is 0 Å². The molecule has 94 valence electrons. The van der Waals surface area contributed by atoms with Crippen molar-refractivity contribution in [1.82, 2.24) is 9.97 Å². The Labute approximate surface area is 110 Å². The number of nitrogens with zero attached hydrogens (tertiary/aromatic N) is 3. The zero-order valence-electron chi connectivity index (χ0n) is 9.90. The molecule has 17 heavy (non-hydrogen) atoms. The van der Waals surface area contributed by atoms with E-state index in [-0.39, 0.29) is 0 Å². The fourth-order valence-corrected chi connectivity index (χ4v) is 1.99. The minimum absolute atomic E-state index is 0.459. The Morgan fingerprint density at radius 2 is 2.29 bits per heavy atom. The molecule has 0 unspecified atom stereocenters. The van der Waals surface area contributed by atoms with E-state index in [1.54, 1.807) is 0 Å². The highest BCUT2D eigenvalue weighted by molar-refractivity contribution is 9.10. The smallest absolute Gasteiger partial charge is 0.148 e. The molecule has 1 aliphatic rings. The van der Waals surface area contributed by atoms with Gasteiger partial charge in [-0.05, 0) is 34.7 Å². The van der Waals surface area contributed by atoms with Crippen molar-refractivity contribution >= 4 is 27.6 Å². The number of anilines is 2. The van der Waals surface area contributed by atoms with E-state index in [9.17, 15) is 0 Å². The SMILES string of the molecule is CN(CCOCC1CC1)c1ncnc(N)c1Br. The Balaban J connectivity index is 1.81. The van der Waals surface area contributed by atoms with Crippen LogP contribution in [0.4, 0.5) is 11.6 Å². The third-order valence-corrected chi connectivity index (χ3v) is 3.54. The molecule has 6 heteroatoms. The van der Waals surface area contributed by atoms with Crippen molar-refractivity contribution in [2.45, 2.75) is 12.8 Å². The van der Waals surface area contributed by atoms with Crippen molar-refractivity contribution in [2.75, 3.05) is 37.4 Å². The van der Waals surface area contributed by atoms with E-state index < -0.39 is 0 Å². The van der Waals surface area contributed by atoms with Crippen LogP contribution in [-0.2, 0) is 4.74 Å². The molecule has 5 nitrogen and oxygen atoms in total. The van der Waals surface area contributed by atoms with Crippen LogP contribution in [0.1, 0.15) is 12.8 Å². The van der Waals surface area contributed by atoms with Crippen molar-refractivity contribution in [1.29, 1.82) is 0 Å². The van der Waals surface area contributed by atoms with Crippen molar-refractivity contribution in [3.8, 4) is 0 Å². The average Bonchev–Trinajstić information content (AvgIpc) is 3.12. The van der Waals surface area contributed by atoms with Gasteiger partial charge in [0.05, 0.1) is 6.61 Å². The Morgan fingerprint density at radius 3 is 3.00 bits per heavy atom. The Hall–Kier alpha value is -0.880. The van der Waals surface area contributed by atoms with Crippen LogP contribution in [0.5, 0.6) is 0 Å². The van der Waals surface area contributed by atoms with Crippen LogP contribution >= 0.6 is 15.9 Å². The van der Waals surface area contributed by atoms with Gasteiger partial charge >= 0.3 is 0 Å². The van der Waals surface area contributed by atoms with E-state index >= 15 is 0 Å². The normalized spacial score (nSPS) is 14.9. The summed E-state index contributed by atoms with van der Waals surface area (Å²) in [5.41, 5.74) is 5.71. The molecule has 0 radical (unpaired) electrons. The minimum Gasteiger partial charge on any atom is -0.383 e. The highest BCUT2D eigenvalue weighted by atomic mass is 79.9. The third-order valence-electron chi connectivity index (χ3n) is 2.78. The molecular weight excluding hydrogens is 284 g/mol. The molecule has 2 rings (SSSR count). The van der Waals surface area contributed by atoms with Crippen LogP contribution < -0.4 is 10.6 Å². The van der Waals surface area contributed by atoms with Gasteiger partial charge in [0.1, 0.15) is 22.4 Å². The Morgan fingerprint density at radius 1 is 1.53 bits per heavy atom. The van der Waals surface area contributed by atoms with Crippen LogP contribution in [0.25, 0.3) is 0 Å². The molecule has 1 aliphatic carbocycles. The molecule has 1 aromatic rings. The molecule has 1 fully saturated rings. The first-order valence-corrected chi connectivity index (χ1v) is 6.52. The summed E-state index contributed by atoms with van der Waals surface area (Å²) in [6.45, 7) is 2.39. The fraction of sp³-hybridized carbons (Fsp3) is 0.636. The quantitative estimate of drug-likeness (QED) is 0.810. The molecule has 0 aromatic carbocycles. The average molecular weight is 301 g/mol. The summed E-state index contributed by atoms with van der Waals surface area (Å²) < 4.78 is 6.33. The van der Waals surface area contributed by atoms with Crippen molar-refractivity contribution < 1.29 is 4.74 Å². The molecule has 0 amide bonds. The molecule has 0 bridgehead atoms. The van der Waals surface area contributed by atoms with Crippen LogP contribution in [-0.4, -0.2) is 36.8 Å². The van der Waals surface area contributed by atoms with E-state index in [1.807, 2.05) is 11.9 Å². The molecule has 1 aromatic heterocycles. The zero-order chi connectivity index (χ0) is 12.3. The van der Waals surface area contributed by atoms with Crippen LogP contribution in [0, 0.1) is 5.92 Å². The van der Waals surface area contributed by atoms with E-state index in [2.05, 4.69) is 25.9 Å². The Bertz CT molecular complexity index is 384. The summed E-state index contributed by atoms with van der Waals surface area (Å²) in [4.78, 5) is 10.1. The maximum absolute atomic E-state index is 5.71. The topological polar surface area (TPSA) is 64.3 Å². The highest BCUT2D eigenvalue weighted by Crippen LogP contribution is 2.29. The van der Waals surface area contributed by atoms with Gasteiger partial charge in [0, 0.05) is 20.2 Å². The number of aromatic nitrogens is 2. The molecule has 0 atom stereocenters. The van der Waals surface area contributed by atoms with E-state index in [1.165, 1.54) is 19.2 Å². The molecule has 2 N–H and O–H groups in total. The van der Waals surface area contributed by atoms with Crippen molar-refractivity contribution in [3.63, 3.8) is 0 Å². The summed E-state index contributed by atoms with van der Waals surface area (Å²) in [5, 5.41) is 0. The first-order chi connectivity index (χ1) is 8.18. The number of hydrogen-bond acceptors (Lipinski definition) is 5. The maximum atomic E-state index is 5.71. The summed E-state index contributed by atoms with van der Waals surface area (Å²) in [5.74, 6) is 2.06. The monoisotopic (exact) mass is 300 g/mol. The standard InChI is InChI=1S/C11H17BrN4O/c1-16(4-5-17-6-8-2-3-8)11-9(12)10(13)14-7-15-11/h7-8H,2-6H2,1H3,(H2,13,14,15). The van der Waals surface area contributed by atoms with Gasteiger partial charge in [0.2, 0.25) is 0 Å². The second-order valence-electron chi connectivity index (χ2n) is 4.34. The first-order valence-electron chi connectivity index (χ1n) is 5.73. The van der Waals surface area contributed by atoms with Gasteiger partial charge in [-0.3, -0.25) is 0 Å². The van der Waals surface area contributed by atoms with E-state index in [0.29, 0.717) is 12.4 Å². The molecule has 0 spiro atoms. The molecule has 0 saturated heterocycles. The van der Waals surface area contributed by atoms with Gasteiger partial charge in [0.25, 0.3) is 0 Å². The number of rotatable bonds is 6. The Kier molecular flexibility index (Phi) is 4.17. The van der Waals surface area contributed by atoms with Crippen LogP contribution in [0.15, 0.2) is 10.8 Å². The summed E-state index contributed by atoms with van der Waals surface area (Å²) >= 11 is 3.39. The lowest BCUT2D eigenvalue weighted by Gasteiger charge is -2.19. The third kappa shape index (κ3) is 3.54. The summed E-state index contributed by atoms with van der Waals surface area (Å²) in [6, 6.07) is 0. The predicted molar refractivity (Wildman–Crippen MR) is 71.0 cm³/mol. The largest absolute Gasteiger partial charge is 0.383 e. The number of halogens is 1. The first kappa shape index (κ1) is 12.6. The summed E-state index contributed by atoms with van der Waals surface area (Å²) in [6.07, 6.45) is 4.12. The maximum Gasteiger partial charge on any atom is 0.148 e. The fourth-order valence-electron chi connectivity index (χ4n) is 1.48. The number of nitrogen functional groups attached to an aromatic ring is 1. The predicted octanol–water partition coefficient (Wildman–Crippen LogP) is 1.68. The molecular formula is C11H17BrN4O. The number of nitrogens with two attached hydrogens (primary N) is 1. The van der Waals surface area contributed by atoms with Gasteiger partial charge in [-0.25, -0.2) is 9.97 Å².